The van der Waals surface area contributed by atoms with E-state index in [1.54, 1.807) is 0 Å². The van der Waals surface area contributed by atoms with Crippen LogP contribution < -0.4 is 10.6 Å². The summed E-state index contributed by atoms with van der Waals surface area (Å²) in [5, 5.41) is 6.01. The zero-order valence-corrected chi connectivity index (χ0v) is 15.4. The van der Waals surface area contributed by atoms with Crippen LogP contribution in [0.25, 0.3) is 0 Å². The lowest BCUT2D eigenvalue weighted by atomic mass is 9.86. The van der Waals surface area contributed by atoms with Crippen LogP contribution in [-0.2, 0) is 11.3 Å². The van der Waals surface area contributed by atoms with Crippen LogP contribution in [0.5, 0.6) is 0 Å². The second-order valence-electron chi connectivity index (χ2n) is 7.90. The molecule has 2 fully saturated rings. The van der Waals surface area contributed by atoms with E-state index in [-0.39, 0.29) is 17.9 Å². The van der Waals surface area contributed by atoms with E-state index in [1.165, 1.54) is 25.7 Å². The largest absolute Gasteiger partial charge is 0.352 e. The molecular formula is C21H30N2O2. The van der Waals surface area contributed by atoms with Gasteiger partial charge in [0.15, 0.2) is 0 Å². The van der Waals surface area contributed by atoms with Crippen LogP contribution in [0.4, 0.5) is 0 Å². The summed E-state index contributed by atoms with van der Waals surface area (Å²) in [4.78, 5) is 24.5. The van der Waals surface area contributed by atoms with E-state index < -0.39 is 0 Å². The molecule has 0 spiro atoms. The summed E-state index contributed by atoms with van der Waals surface area (Å²) in [6, 6.07) is 7.69. The number of amides is 2. The summed E-state index contributed by atoms with van der Waals surface area (Å²) >= 11 is 0. The van der Waals surface area contributed by atoms with Gasteiger partial charge in [0.2, 0.25) is 5.91 Å². The van der Waals surface area contributed by atoms with Crippen LogP contribution in [0.1, 0.15) is 68.3 Å². The highest BCUT2D eigenvalue weighted by atomic mass is 16.2. The molecule has 4 atom stereocenters. The van der Waals surface area contributed by atoms with Crippen molar-refractivity contribution >= 4 is 11.8 Å². The van der Waals surface area contributed by atoms with Crippen LogP contribution in [-0.4, -0.2) is 17.9 Å². The second-order valence-corrected chi connectivity index (χ2v) is 7.90. The predicted molar refractivity (Wildman–Crippen MR) is 99.1 cm³/mol. The fourth-order valence-corrected chi connectivity index (χ4v) is 4.37. The second kappa shape index (κ2) is 8.03. The number of hydrogen-bond donors (Lipinski definition) is 2. The fourth-order valence-electron chi connectivity index (χ4n) is 4.37. The Morgan fingerprint density at radius 3 is 2.76 bits per heavy atom. The molecule has 3 rings (SSSR count). The molecule has 2 N–H and O–H groups in total. The summed E-state index contributed by atoms with van der Waals surface area (Å²) in [6.45, 7) is 4.54. The summed E-state index contributed by atoms with van der Waals surface area (Å²) in [5.74, 6) is 2.34. The van der Waals surface area contributed by atoms with Crippen molar-refractivity contribution in [1.82, 2.24) is 10.6 Å². The molecule has 2 aliphatic rings. The van der Waals surface area contributed by atoms with Crippen molar-refractivity contribution < 1.29 is 9.59 Å². The molecule has 136 valence electrons. The molecule has 0 aliphatic heterocycles. The van der Waals surface area contributed by atoms with Crippen molar-refractivity contribution in [2.45, 2.75) is 65.0 Å². The number of carbonyl (C=O) groups is 2. The normalized spacial score (nSPS) is 25.6. The molecule has 2 aliphatic carbocycles. The van der Waals surface area contributed by atoms with Gasteiger partial charge in [-0.05, 0) is 68.1 Å². The van der Waals surface area contributed by atoms with E-state index in [9.17, 15) is 9.59 Å². The van der Waals surface area contributed by atoms with E-state index in [4.69, 9.17) is 0 Å². The SMILES string of the molecule is CCC(C)NC(=O)c1cccc(CNC(=O)CC2CC3CCC2C3)c1. The third-order valence-electron chi connectivity index (χ3n) is 6.00. The van der Waals surface area contributed by atoms with Crippen LogP contribution in [0, 0.1) is 17.8 Å². The van der Waals surface area contributed by atoms with Crippen LogP contribution >= 0.6 is 0 Å². The molecule has 2 bridgehead atoms. The number of nitrogens with one attached hydrogen (secondary N) is 2. The molecule has 1 aromatic carbocycles. The molecule has 2 saturated carbocycles. The number of benzene rings is 1. The maximum atomic E-state index is 12.3. The Morgan fingerprint density at radius 2 is 2.08 bits per heavy atom. The topological polar surface area (TPSA) is 58.2 Å². The van der Waals surface area contributed by atoms with Crippen molar-refractivity contribution in [2.75, 3.05) is 0 Å². The number of rotatable bonds is 7. The zero-order chi connectivity index (χ0) is 17.8. The average Bonchev–Trinajstić information content (AvgIpc) is 3.23. The Morgan fingerprint density at radius 1 is 1.24 bits per heavy atom. The molecule has 0 aromatic heterocycles. The first-order chi connectivity index (χ1) is 12.0. The fraction of sp³-hybridized carbons (Fsp3) is 0.619. The Kier molecular flexibility index (Phi) is 5.77. The van der Waals surface area contributed by atoms with Gasteiger partial charge in [0.1, 0.15) is 0 Å². The highest BCUT2D eigenvalue weighted by Crippen LogP contribution is 2.49. The van der Waals surface area contributed by atoms with Crippen molar-refractivity contribution in [3.05, 3.63) is 35.4 Å². The molecule has 0 heterocycles. The molecular weight excluding hydrogens is 312 g/mol. The van der Waals surface area contributed by atoms with Crippen LogP contribution in [0.3, 0.4) is 0 Å². The minimum atomic E-state index is -0.0514. The van der Waals surface area contributed by atoms with Gasteiger partial charge in [0, 0.05) is 24.6 Å². The quantitative estimate of drug-likeness (QED) is 0.794. The number of hydrogen-bond acceptors (Lipinski definition) is 2. The first kappa shape index (κ1) is 18.0. The lowest BCUT2D eigenvalue weighted by molar-refractivity contribution is -0.122. The Balaban J connectivity index is 1.48. The van der Waals surface area contributed by atoms with Gasteiger partial charge < -0.3 is 10.6 Å². The Hall–Kier alpha value is -1.84. The van der Waals surface area contributed by atoms with Gasteiger partial charge in [-0.1, -0.05) is 25.5 Å². The maximum Gasteiger partial charge on any atom is 0.251 e. The third kappa shape index (κ3) is 4.62. The summed E-state index contributed by atoms with van der Waals surface area (Å²) in [7, 11) is 0. The van der Waals surface area contributed by atoms with Gasteiger partial charge in [-0.15, -0.1) is 0 Å². The number of carbonyl (C=O) groups excluding carboxylic acids is 2. The van der Waals surface area contributed by atoms with Crippen molar-refractivity contribution in [3.8, 4) is 0 Å². The molecule has 4 nitrogen and oxygen atoms in total. The highest BCUT2D eigenvalue weighted by Gasteiger charge is 2.39. The minimum Gasteiger partial charge on any atom is -0.352 e. The smallest absolute Gasteiger partial charge is 0.251 e. The van der Waals surface area contributed by atoms with E-state index in [1.807, 2.05) is 38.1 Å². The molecule has 4 heteroatoms. The van der Waals surface area contributed by atoms with Gasteiger partial charge in [-0.25, -0.2) is 0 Å². The van der Waals surface area contributed by atoms with Crippen molar-refractivity contribution in [3.63, 3.8) is 0 Å². The third-order valence-corrected chi connectivity index (χ3v) is 6.00. The van der Waals surface area contributed by atoms with E-state index in [0.717, 1.165) is 23.8 Å². The van der Waals surface area contributed by atoms with E-state index in [2.05, 4.69) is 10.6 Å². The van der Waals surface area contributed by atoms with Crippen LogP contribution in [0.2, 0.25) is 0 Å². The van der Waals surface area contributed by atoms with Crippen molar-refractivity contribution in [2.24, 2.45) is 17.8 Å². The van der Waals surface area contributed by atoms with Crippen molar-refractivity contribution in [1.29, 1.82) is 0 Å². The summed E-state index contributed by atoms with van der Waals surface area (Å²) < 4.78 is 0. The Bertz CT molecular complexity index is 628. The monoisotopic (exact) mass is 342 g/mol. The average molecular weight is 342 g/mol. The van der Waals surface area contributed by atoms with E-state index in [0.29, 0.717) is 24.4 Å². The number of fused-ring (bicyclic) bond motifs is 2. The maximum absolute atomic E-state index is 12.3. The highest BCUT2D eigenvalue weighted by molar-refractivity contribution is 5.94. The summed E-state index contributed by atoms with van der Waals surface area (Å²) in [5.41, 5.74) is 1.62. The first-order valence-electron chi connectivity index (χ1n) is 9.71. The lowest BCUT2D eigenvalue weighted by Crippen LogP contribution is -2.32. The van der Waals surface area contributed by atoms with Crippen LogP contribution in [0.15, 0.2) is 24.3 Å². The summed E-state index contributed by atoms with van der Waals surface area (Å²) in [6.07, 6.45) is 6.83. The molecule has 0 saturated heterocycles. The van der Waals surface area contributed by atoms with Gasteiger partial charge in [-0.2, -0.15) is 0 Å². The predicted octanol–water partition coefficient (Wildman–Crippen LogP) is 3.66. The Labute approximate surface area is 150 Å². The molecule has 25 heavy (non-hydrogen) atoms. The minimum absolute atomic E-state index is 0.0514. The lowest BCUT2D eigenvalue weighted by Gasteiger charge is -2.20. The molecule has 4 unspecified atom stereocenters. The van der Waals surface area contributed by atoms with Gasteiger partial charge in [0.05, 0.1) is 0 Å². The molecule has 2 amide bonds. The van der Waals surface area contributed by atoms with E-state index >= 15 is 0 Å². The van der Waals surface area contributed by atoms with Gasteiger partial charge in [0.25, 0.3) is 5.91 Å². The standard InChI is InChI=1S/C21H30N2O2/c1-3-14(2)23-21(25)18-6-4-5-16(11-18)13-22-20(24)12-19-10-15-7-8-17(19)9-15/h4-6,11,14-15,17,19H,3,7-10,12-13H2,1-2H3,(H,22,24)(H,23,25). The zero-order valence-electron chi connectivity index (χ0n) is 15.4. The van der Waals surface area contributed by atoms with Gasteiger partial charge in [-0.3, -0.25) is 9.59 Å². The van der Waals surface area contributed by atoms with Gasteiger partial charge >= 0.3 is 0 Å². The molecule has 0 radical (unpaired) electrons. The first-order valence-corrected chi connectivity index (χ1v) is 9.71. The molecule has 1 aromatic rings.